The van der Waals surface area contributed by atoms with E-state index in [0.29, 0.717) is 6.41 Å². The van der Waals surface area contributed by atoms with Gasteiger partial charge in [-0.1, -0.05) is 18.2 Å². The molecule has 2 N–H and O–H groups in total. The number of methoxy groups -OCH3 is 1. The summed E-state index contributed by atoms with van der Waals surface area (Å²) in [5.41, 5.74) is 3.00. The lowest BCUT2D eigenvalue weighted by Crippen LogP contribution is -1.99. The first kappa shape index (κ1) is 20.1. The zero-order valence-electron chi connectivity index (χ0n) is 14.5. The van der Waals surface area contributed by atoms with Crippen LogP contribution in [0.1, 0.15) is 12.5 Å². The molecule has 0 bridgehead atoms. The zero-order valence-corrected chi connectivity index (χ0v) is 15.4. The maximum absolute atomic E-state index is 10.2. The van der Waals surface area contributed by atoms with Crippen LogP contribution in [-0.4, -0.2) is 32.4 Å². The van der Waals surface area contributed by atoms with Crippen LogP contribution >= 0.6 is 11.8 Å². The molecule has 0 unspecified atom stereocenters. The molecule has 0 aliphatic carbocycles. The highest BCUT2D eigenvalue weighted by molar-refractivity contribution is 7.99. The zero-order chi connectivity index (χ0) is 17.6. The summed E-state index contributed by atoms with van der Waals surface area (Å²) in [6.07, 6.45) is 0.690. The molecule has 2 aromatic rings. The monoisotopic (exact) mass is 346 g/mol. The highest BCUT2D eigenvalue weighted by Gasteiger charge is 1.97. The number of amides is 1. The first-order valence-electron chi connectivity index (χ1n) is 7.92. The summed E-state index contributed by atoms with van der Waals surface area (Å²) < 4.78 is 4.94. The molecule has 0 fully saturated rings. The Morgan fingerprint density at radius 1 is 1.17 bits per heavy atom. The van der Waals surface area contributed by atoms with Crippen LogP contribution in [0, 0.1) is 6.92 Å². The summed E-state index contributed by atoms with van der Waals surface area (Å²) >= 11 is 1.82. The smallest absolute Gasteiger partial charge is 0.211 e. The number of carbonyl (C=O) groups is 1. The molecule has 0 spiro atoms. The van der Waals surface area contributed by atoms with Gasteiger partial charge in [0, 0.05) is 35.7 Å². The lowest BCUT2D eigenvalue weighted by molar-refractivity contribution is -0.105. The van der Waals surface area contributed by atoms with Gasteiger partial charge in [-0.2, -0.15) is 0 Å². The quantitative estimate of drug-likeness (QED) is 0.422. The van der Waals surface area contributed by atoms with Crippen molar-refractivity contribution in [2.75, 3.05) is 36.6 Å². The van der Waals surface area contributed by atoms with Crippen LogP contribution in [0.25, 0.3) is 0 Å². The number of rotatable bonds is 8. The topological polar surface area (TPSA) is 50.4 Å². The Morgan fingerprint density at radius 3 is 2.50 bits per heavy atom. The molecule has 0 saturated carbocycles. The van der Waals surface area contributed by atoms with Crippen molar-refractivity contribution in [3.8, 4) is 0 Å². The predicted molar refractivity (Wildman–Crippen MR) is 104 cm³/mol. The Bertz CT molecular complexity index is 591. The van der Waals surface area contributed by atoms with Crippen molar-refractivity contribution in [3.63, 3.8) is 0 Å². The number of carbonyl (C=O) groups excluding carboxylic acids is 1. The van der Waals surface area contributed by atoms with Gasteiger partial charge in [0.05, 0.1) is 6.61 Å². The Labute approximate surface area is 149 Å². The number of ether oxygens (including phenoxy) is 1. The van der Waals surface area contributed by atoms with Crippen molar-refractivity contribution in [2.24, 2.45) is 0 Å². The molecule has 130 valence electrons. The Hall–Kier alpha value is -1.98. The van der Waals surface area contributed by atoms with Gasteiger partial charge in [0.25, 0.3) is 0 Å². The number of nitrogens with one attached hydrogen (secondary N) is 2. The minimum absolute atomic E-state index is 0.690. The van der Waals surface area contributed by atoms with Crippen molar-refractivity contribution in [3.05, 3.63) is 54.1 Å². The molecule has 1 amide bonds. The van der Waals surface area contributed by atoms with E-state index in [1.807, 2.05) is 49.9 Å². The van der Waals surface area contributed by atoms with E-state index in [4.69, 9.17) is 4.74 Å². The van der Waals surface area contributed by atoms with E-state index in [1.54, 1.807) is 7.11 Å². The van der Waals surface area contributed by atoms with Gasteiger partial charge in [-0.15, -0.1) is 11.8 Å². The number of aryl methyl sites for hydroxylation is 1. The lowest BCUT2D eigenvalue weighted by Gasteiger charge is -2.07. The second kappa shape index (κ2) is 12.4. The first-order chi connectivity index (χ1) is 11.7. The van der Waals surface area contributed by atoms with Crippen LogP contribution in [-0.2, 0) is 9.53 Å². The molecule has 0 aliphatic rings. The standard InChI is InChI=1S/C10H14N2O.C9H12OS/c1-3-11-9-4-5-10(12-7-13)8(2)6-9;1-10-7-8-11-9-5-3-2-4-6-9/h4-7,11H,3H2,1-2H3,(H,12,13);2-6H,7-8H2,1H3. The van der Waals surface area contributed by atoms with Crippen LogP contribution in [0.15, 0.2) is 53.4 Å². The first-order valence-corrected chi connectivity index (χ1v) is 8.91. The molecule has 4 nitrogen and oxygen atoms in total. The van der Waals surface area contributed by atoms with E-state index in [-0.39, 0.29) is 0 Å². The fourth-order valence-corrected chi connectivity index (χ4v) is 2.80. The van der Waals surface area contributed by atoms with Gasteiger partial charge in [-0.05, 0) is 49.7 Å². The Balaban J connectivity index is 0.000000243. The maximum Gasteiger partial charge on any atom is 0.211 e. The number of thioether (sulfide) groups is 1. The molecular formula is C19H26N2O2S. The molecule has 0 atom stereocenters. The summed E-state index contributed by atoms with van der Waals surface area (Å²) in [6, 6.07) is 16.2. The third kappa shape index (κ3) is 8.04. The Morgan fingerprint density at radius 2 is 1.92 bits per heavy atom. The van der Waals surface area contributed by atoms with E-state index >= 15 is 0 Å². The summed E-state index contributed by atoms with van der Waals surface area (Å²) in [5, 5.41) is 5.84. The Kier molecular flexibility index (Phi) is 10.4. The molecule has 2 rings (SSSR count). The van der Waals surface area contributed by atoms with Crippen LogP contribution in [0.5, 0.6) is 0 Å². The van der Waals surface area contributed by atoms with E-state index in [0.717, 1.165) is 35.8 Å². The van der Waals surface area contributed by atoms with Gasteiger partial charge in [0.15, 0.2) is 0 Å². The van der Waals surface area contributed by atoms with Crippen molar-refractivity contribution >= 4 is 29.5 Å². The van der Waals surface area contributed by atoms with Gasteiger partial charge in [-0.3, -0.25) is 4.79 Å². The highest BCUT2D eigenvalue weighted by atomic mass is 32.2. The third-order valence-electron chi connectivity index (χ3n) is 3.12. The van der Waals surface area contributed by atoms with E-state index in [1.165, 1.54) is 4.90 Å². The summed E-state index contributed by atoms with van der Waals surface area (Å²) in [5.74, 6) is 1.03. The molecule has 2 aromatic carbocycles. The van der Waals surface area contributed by atoms with Crippen LogP contribution in [0.4, 0.5) is 11.4 Å². The van der Waals surface area contributed by atoms with Gasteiger partial charge in [0.2, 0.25) is 6.41 Å². The molecule has 0 radical (unpaired) electrons. The average Bonchev–Trinajstić information content (AvgIpc) is 2.60. The van der Waals surface area contributed by atoms with Crippen LogP contribution in [0.2, 0.25) is 0 Å². The van der Waals surface area contributed by atoms with Crippen molar-refractivity contribution in [1.29, 1.82) is 0 Å². The molecular weight excluding hydrogens is 320 g/mol. The number of hydrogen-bond donors (Lipinski definition) is 2. The third-order valence-corrected chi connectivity index (χ3v) is 4.10. The number of benzene rings is 2. The van der Waals surface area contributed by atoms with Gasteiger partial charge in [-0.25, -0.2) is 0 Å². The fraction of sp³-hybridized carbons (Fsp3) is 0.316. The maximum atomic E-state index is 10.2. The minimum Gasteiger partial charge on any atom is -0.385 e. The summed E-state index contributed by atoms with van der Waals surface area (Å²) in [4.78, 5) is 11.5. The minimum atomic E-state index is 0.690. The fourth-order valence-electron chi connectivity index (χ4n) is 1.96. The van der Waals surface area contributed by atoms with Gasteiger partial charge < -0.3 is 15.4 Å². The SMILES string of the molecule is CCNc1ccc(NC=O)c(C)c1.COCCSc1ccccc1. The largest absolute Gasteiger partial charge is 0.385 e. The van der Waals surface area contributed by atoms with Gasteiger partial charge >= 0.3 is 0 Å². The van der Waals surface area contributed by atoms with E-state index < -0.39 is 0 Å². The summed E-state index contributed by atoms with van der Waals surface area (Å²) in [7, 11) is 1.73. The van der Waals surface area contributed by atoms with Crippen molar-refractivity contribution in [1.82, 2.24) is 0 Å². The normalized spacial score (nSPS) is 9.62. The van der Waals surface area contributed by atoms with Crippen LogP contribution < -0.4 is 10.6 Å². The molecule has 24 heavy (non-hydrogen) atoms. The van der Waals surface area contributed by atoms with E-state index in [2.05, 4.69) is 34.9 Å². The average molecular weight is 346 g/mol. The predicted octanol–water partition coefficient (Wildman–Crippen LogP) is 4.42. The lowest BCUT2D eigenvalue weighted by atomic mass is 10.2. The van der Waals surface area contributed by atoms with Gasteiger partial charge in [0.1, 0.15) is 0 Å². The molecule has 0 aliphatic heterocycles. The van der Waals surface area contributed by atoms with Crippen molar-refractivity contribution in [2.45, 2.75) is 18.7 Å². The second-order valence-corrected chi connectivity index (χ2v) is 6.14. The number of anilines is 2. The molecule has 0 aromatic heterocycles. The molecule has 5 heteroatoms. The summed E-state index contributed by atoms with van der Waals surface area (Å²) in [6.45, 7) is 5.74. The van der Waals surface area contributed by atoms with E-state index in [9.17, 15) is 4.79 Å². The molecule has 0 saturated heterocycles. The van der Waals surface area contributed by atoms with Crippen molar-refractivity contribution < 1.29 is 9.53 Å². The van der Waals surface area contributed by atoms with Crippen LogP contribution in [0.3, 0.4) is 0 Å². The molecule has 0 heterocycles. The second-order valence-electron chi connectivity index (χ2n) is 4.98. The highest BCUT2D eigenvalue weighted by Crippen LogP contribution is 2.18. The number of hydrogen-bond acceptors (Lipinski definition) is 4.